The van der Waals surface area contributed by atoms with Crippen LogP contribution in [0.1, 0.15) is 75.0 Å². The summed E-state index contributed by atoms with van der Waals surface area (Å²) >= 11 is 0. The number of benzene rings is 1. The Morgan fingerprint density at radius 3 is 2.59 bits per heavy atom. The van der Waals surface area contributed by atoms with Crippen molar-refractivity contribution >= 4 is 11.8 Å². The number of carbonyl (C=O) groups is 2. The predicted molar refractivity (Wildman–Crippen MR) is 150 cm³/mol. The van der Waals surface area contributed by atoms with E-state index in [1.54, 1.807) is 31.6 Å². The highest BCUT2D eigenvalue weighted by molar-refractivity contribution is 6.01. The van der Waals surface area contributed by atoms with Crippen molar-refractivity contribution in [2.24, 2.45) is 18.9 Å². The quantitative estimate of drug-likeness (QED) is 0.271. The molecule has 5 rings (SSSR count). The predicted octanol–water partition coefficient (Wildman–Crippen LogP) is 5.36. The molecule has 1 aliphatic heterocycles. The number of carbonyl (C=O) groups excluding carboxylic acids is 2. The molecule has 2 aromatic heterocycles. The van der Waals surface area contributed by atoms with Gasteiger partial charge in [-0.2, -0.15) is 5.26 Å². The minimum absolute atomic E-state index is 0.0896. The second-order valence-electron chi connectivity index (χ2n) is 12.1. The van der Waals surface area contributed by atoms with Gasteiger partial charge in [0.25, 0.3) is 0 Å². The molecule has 1 aromatic carbocycles. The topological polar surface area (TPSA) is 111 Å². The van der Waals surface area contributed by atoms with Gasteiger partial charge in [-0.15, -0.1) is 5.10 Å². The lowest BCUT2D eigenvalue weighted by Crippen LogP contribution is -2.52. The minimum Gasteiger partial charge on any atom is -0.458 e. The summed E-state index contributed by atoms with van der Waals surface area (Å²) in [5, 5.41) is 13.9. The molecular weight excluding hydrogens is 521 g/mol. The van der Waals surface area contributed by atoms with Gasteiger partial charge in [-0.05, 0) is 76.1 Å². The third-order valence-electron chi connectivity index (χ3n) is 8.73. The van der Waals surface area contributed by atoms with Gasteiger partial charge in [0.2, 0.25) is 0 Å². The maximum atomic E-state index is 14.9. The Hall–Kier alpha value is -3.93. The number of pyridine rings is 1. The van der Waals surface area contributed by atoms with E-state index < -0.39 is 28.7 Å². The number of nitrogens with zero attached hydrogens (tertiary/aromatic N) is 5. The molecule has 3 heterocycles. The second-order valence-corrected chi connectivity index (χ2v) is 12.1. The molecule has 2 aliphatic rings. The highest BCUT2D eigenvalue weighted by Crippen LogP contribution is 2.45. The molecule has 2 atom stereocenters. The molecule has 0 spiro atoms. The van der Waals surface area contributed by atoms with Gasteiger partial charge < -0.3 is 4.74 Å². The fraction of sp³-hybridized carbons (Fsp3) is 0.500. The van der Waals surface area contributed by atoms with Crippen LogP contribution in [-0.2, 0) is 39.6 Å². The van der Waals surface area contributed by atoms with Gasteiger partial charge in [0.1, 0.15) is 28.9 Å². The van der Waals surface area contributed by atoms with Crippen molar-refractivity contribution in [2.45, 2.75) is 83.2 Å². The van der Waals surface area contributed by atoms with Crippen molar-refractivity contribution < 1.29 is 18.7 Å². The highest BCUT2D eigenvalue weighted by atomic mass is 19.1. The number of ketones is 1. The number of ether oxygens (including phenoxy) is 1. The molecule has 1 saturated carbocycles. The van der Waals surface area contributed by atoms with E-state index in [9.17, 15) is 19.2 Å². The Balaban J connectivity index is 1.34. The van der Waals surface area contributed by atoms with Crippen LogP contribution in [0.5, 0.6) is 0 Å². The Labute approximate surface area is 240 Å². The molecule has 0 amide bonds. The van der Waals surface area contributed by atoms with Gasteiger partial charge in [0.05, 0.1) is 11.5 Å². The molecule has 0 radical (unpaired) electrons. The second kappa shape index (κ2) is 11.2. The number of aryl methyl sites for hydroxylation is 3. The molecule has 2 unspecified atom stereocenters. The molecule has 8 nitrogen and oxygen atoms in total. The molecule has 214 valence electrons. The average Bonchev–Trinajstić information content (AvgIpc) is 3.60. The summed E-state index contributed by atoms with van der Waals surface area (Å²) in [5.74, 6) is -0.998. The average molecular weight is 558 g/mol. The maximum absolute atomic E-state index is 14.9. The Morgan fingerprint density at radius 1 is 1.17 bits per heavy atom. The molecule has 2 fully saturated rings. The van der Waals surface area contributed by atoms with E-state index in [0.717, 1.165) is 36.9 Å². The van der Waals surface area contributed by atoms with Crippen LogP contribution in [-0.4, -0.2) is 37.1 Å². The van der Waals surface area contributed by atoms with E-state index in [1.165, 1.54) is 6.07 Å². The summed E-state index contributed by atoms with van der Waals surface area (Å²) in [6.45, 7) is 5.26. The zero-order chi connectivity index (χ0) is 29.4. The zero-order valence-electron chi connectivity index (χ0n) is 24.1. The summed E-state index contributed by atoms with van der Waals surface area (Å²) in [6, 6.07) is 12.7. The van der Waals surface area contributed by atoms with E-state index >= 15 is 0 Å². The first-order valence-corrected chi connectivity index (χ1v) is 14.3. The zero-order valence-corrected chi connectivity index (χ0v) is 24.1. The smallest absolute Gasteiger partial charge is 0.317 e. The lowest BCUT2D eigenvalue weighted by molar-refractivity contribution is -0.185. The molecule has 1 saturated heterocycles. The number of halogens is 1. The van der Waals surface area contributed by atoms with Crippen LogP contribution in [0.4, 0.5) is 4.39 Å². The van der Waals surface area contributed by atoms with Crippen LogP contribution < -0.4 is 0 Å². The van der Waals surface area contributed by atoms with Gasteiger partial charge in [-0.1, -0.05) is 31.0 Å². The summed E-state index contributed by atoms with van der Waals surface area (Å²) in [4.78, 5) is 36.1. The molecule has 1 aliphatic carbocycles. The molecule has 0 bridgehead atoms. The van der Waals surface area contributed by atoms with Crippen molar-refractivity contribution in [3.8, 4) is 17.6 Å². The molecular formula is C32H36FN5O3. The van der Waals surface area contributed by atoms with Gasteiger partial charge >= 0.3 is 5.97 Å². The van der Waals surface area contributed by atoms with E-state index in [4.69, 9.17) is 4.74 Å². The third kappa shape index (κ3) is 5.79. The SMILES string of the molecule is Cc1cccc(-c2nc(CC3C(=O)CC(CCc4ccc(C(C)(C)C#N)c(F)c4)(C4CCCC4)OC3=O)n(C)n2)n1. The standard InChI is InChI=1S/C32H36FN5O3/c1-20-8-7-11-26(35-20)29-36-28(38(4)37-29)17-23-27(39)18-32(41-30(23)40,22-9-5-6-10-22)15-14-21-12-13-24(25(33)16-21)31(2,3)19-34/h7-8,11-13,16,22-23H,5-6,9-10,14-15,17-18H2,1-4H3. The molecule has 0 N–H and O–H groups in total. The van der Waals surface area contributed by atoms with Crippen molar-refractivity contribution in [1.82, 2.24) is 19.7 Å². The fourth-order valence-electron chi connectivity index (χ4n) is 6.27. The summed E-state index contributed by atoms with van der Waals surface area (Å²) in [5.41, 5.74) is 0.730. The number of cyclic esters (lactones) is 1. The summed E-state index contributed by atoms with van der Waals surface area (Å²) in [6.07, 6.45) is 4.99. The van der Waals surface area contributed by atoms with Gasteiger partial charge in [-0.3, -0.25) is 14.3 Å². The first-order chi connectivity index (χ1) is 19.5. The first kappa shape index (κ1) is 28.6. The lowest BCUT2D eigenvalue weighted by atomic mass is 9.73. The van der Waals surface area contributed by atoms with E-state index in [1.807, 2.05) is 31.2 Å². The number of rotatable bonds is 8. The van der Waals surface area contributed by atoms with Crippen LogP contribution in [0.15, 0.2) is 36.4 Å². The van der Waals surface area contributed by atoms with Crippen molar-refractivity contribution in [3.05, 3.63) is 64.9 Å². The Kier molecular flexibility index (Phi) is 7.78. The molecule has 41 heavy (non-hydrogen) atoms. The number of esters is 1. The van der Waals surface area contributed by atoms with Crippen LogP contribution in [0, 0.1) is 35.9 Å². The lowest BCUT2D eigenvalue weighted by Gasteiger charge is -2.43. The largest absolute Gasteiger partial charge is 0.458 e. The number of hydrogen-bond acceptors (Lipinski definition) is 7. The van der Waals surface area contributed by atoms with Crippen LogP contribution >= 0.6 is 0 Å². The van der Waals surface area contributed by atoms with Crippen molar-refractivity contribution in [2.75, 3.05) is 0 Å². The third-order valence-corrected chi connectivity index (χ3v) is 8.73. The fourth-order valence-corrected chi connectivity index (χ4v) is 6.27. The Morgan fingerprint density at radius 2 is 1.93 bits per heavy atom. The Bertz CT molecular complexity index is 1500. The minimum atomic E-state index is -0.948. The summed E-state index contributed by atoms with van der Waals surface area (Å²) < 4.78 is 22.8. The number of aromatic nitrogens is 4. The van der Waals surface area contributed by atoms with Crippen LogP contribution in [0.25, 0.3) is 11.5 Å². The van der Waals surface area contributed by atoms with E-state index in [2.05, 4.69) is 21.1 Å². The summed E-state index contributed by atoms with van der Waals surface area (Å²) in [7, 11) is 1.74. The van der Waals surface area contributed by atoms with Crippen LogP contribution in [0.3, 0.4) is 0 Å². The highest BCUT2D eigenvalue weighted by Gasteiger charge is 2.51. The monoisotopic (exact) mass is 557 g/mol. The van der Waals surface area contributed by atoms with Gasteiger partial charge in [0.15, 0.2) is 11.6 Å². The van der Waals surface area contributed by atoms with Gasteiger partial charge in [0, 0.05) is 31.1 Å². The molecule has 9 heteroatoms. The van der Waals surface area contributed by atoms with E-state index in [0.29, 0.717) is 35.7 Å². The van der Waals surface area contributed by atoms with Crippen molar-refractivity contribution in [1.29, 1.82) is 5.26 Å². The van der Waals surface area contributed by atoms with E-state index in [-0.39, 0.29) is 24.5 Å². The normalized spacial score (nSPS) is 21.6. The maximum Gasteiger partial charge on any atom is 0.317 e. The first-order valence-electron chi connectivity index (χ1n) is 14.3. The number of Topliss-reactive ketones (excluding diaryl/α,β-unsaturated/α-hetero) is 1. The number of hydrogen-bond donors (Lipinski definition) is 0. The molecule has 3 aromatic rings. The number of nitriles is 1. The van der Waals surface area contributed by atoms with Gasteiger partial charge in [-0.25, -0.2) is 14.4 Å². The van der Waals surface area contributed by atoms with Crippen LogP contribution in [0.2, 0.25) is 0 Å². The van der Waals surface area contributed by atoms with Crippen molar-refractivity contribution in [3.63, 3.8) is 0 Å².